The van der Waals surface area contributed by atoms with E-state index in [-0.39, 0.29) is 18.2 Å². The lowest BCUT2D eigenvalue weighted by molar-refractivity contribution is -0.117. The van der Waals surface area contributed by atoms with Crippen molar-refractivity contribution in [3.63, 3.8) is 0 Å². The Hall–Kier alpha value is -1.96. The highest BCUT2D eigenvalue weighted by Gasteiger charge is 2.38. The average molecular weight is 300 g/mol. The van der Waals surface area contributed by atoms with Crippen molar-refractivity contribution in [3.05, 3.63) is 12.1 Å². The zero-order valence-electron chi connectivity index (χ0n) is 11.4. The lowest BCUT2D eigenvalue weighted by Crippen LogP contribution is -2.43. The van der Waals surface area contributed by atoms with Gasteiger partial charge in [-0.2, -0.15) is 0 Å². The fraction of sp³-hybridized carbons (Fsp3) is 0.417. The molecule has 0 aliphatic carbocycles. The van der Waals surface area contributed by atoms with Crippen LogP contribution in [-0.2, 0) is 14.6 Å². The summed E-state index contributed by atoms with van der Waals surface area (Å²) in [6.07, 6.45) is 1.01. The SMILES string of the molecule is CC(C)(C(=O)Nc1cc2c(cc1N)OCO2)S(C)(=O)=O. The molecule has 0 fully saturated rings. The van der Waals surface area contributed by atoms with E-state index in [1.165, 1.54) is 26.0 Å². The smallest absolute Gasteiger partial charge is 0.245 e. The van der Waals surface area contributed by atoms with Gasteiger partial charge in [-0.25, -0.2) is 8.42 Å². The van der Waals surface area contributed by atoms with Gasteiger partial charge < -0.3 is 20.5 Å². The fourth-order valence-electron chi connectivity index (χ4n) is 1.51. The van der Waals surface area contributed by atoms with Crippen LogP contribution in [0.15, 0.2) is 12.1 Å². The Morgan fingerprint density at radius 3 is 2.40 bits per heavy atom. The second kappa shape index (κ2) is 4.55. The number of carbonyl (C=O) groups excluding carboxylic acids is 1. The summed E-state index contributed by atoms with van der Waals surface area (Å²) in [6, 6.07) is 3.03. The summed E-state index contributed by atoms with van der Waals surface area (Å²) in [7, 11) is -3.55. The van der Waals surface area contributed by atoms with Crippen molar-refractivity contribution in [2.75, 3.05) is 24.1 Å². The van der Waals surface area contributed by atoms with E-state index in [4.69, 9.17) is 15.2 Å². The van der Waals surface area contributed by atoms with Crippen LogP contribution in [0.5, 0.6) is 11.5 Å². The summed E-state index contributed by atoms with van der Waals surface area (Å²) in [5, 5.41) is 2.51. The van der Waals surface area contributed by atoms with E-state index in [1.54, 1.807) is 0 Å². The highest BCUT2D eigenvalue weighted by molar-refractivity contribution is 7.92. The predicted molar refractivity (Wildman–Crippen MR) is 74.5 cm³/mol. The number of hydrogen-bond acceptors (Lipinski definition) is 6. The maximum absolute atomic E-state index is 12.1. The van der Waals surface area contributed by atoms with Crippen LogP contribution in [-0.4, -0.2) is 32.1 Å². The van der Waals surface area contributed by atoms with Crippen molar-refractivity contribution < 1.29 is 22.7 Å². The van der Waals surface area contributed by atoms with E-state index in [1.807, 2.05) is 0 Å². The van der Waals surface area contributed by atoms with E-state index >= 15 is 0 Å². The molecule has 1 aliphatic heterocycles. The first-order valence-electron chi connectivity index (χ1n) is 5.83. The number of nitrogens with one attached hydrogen (secondary N) is 1. The molecule has 0 atom stereocenters. The van der Waals surface area contributed by atoms with Crippen LogP contribution < -0.4 is 20.5 Å². The van der Waals surface area contributed by atoms with E-state index in [2.05, 4.69) is 5.32 Å². The monoisotopic (exact) mass is 300 g/mol. The number of fused-ring (bicyclic) bond motifs is 1. The third-order valence-electron chi connectivity index (χ3n) is 3.27. The summed E-state index contributed by atoms with van der Waals surface area (Å²) in [6.45, 7) is 2.75. The third kappa shape index (κ3) is 2.38. The molecule has 20 heavy (non-hydrogen) atoms. The van der Waals surface area contributed by atoms with Gasteiger partial charge in [0.15, 0.2) is 21.3 Å². The Balaban J connectivity index is 2.29. The molecule has 8 heteroatoms. The molecule has 1 aromatic rings. The van der Waals surface area contributed by atoms with Crippen LogP contribution in [0, 0.1) is 0 Å². The molecule has 0 bridgehead atoms. The summed E-state index contributed by atoms with van der Waals surface area (Å²) in [5.41, 5.74) is 6.35. The lowest BCUT2D eigenvalue weighted by atomic mass is 10.1. The van der Waals surface area contributed by atoms with Gasteiger partial charge in [0.1, 0.15) is 4.75 Å². The van der Waals surface area contributed by atoms with Crippen LogP contribution in [0.2, 0.25) is 0 Å². The molecule has 3 N–H and O–H groups in total. The summed E-state index contributed by atoms with van der Waals surface area (Å²) >= 11 is 0. The summed E-state index contributed by atoms with van der Waals surface area (Å²) < 4.78 is 32.0. The molecule has 2 rings (SSSR count). The zero-order chi connectivity index (χ0) is 15.1. The minimum atomic E-state index is -3.55. The number of benzene rings is 1. The van der Waals surface area contributed by atoms with Crippen molar-refractivity contribution in [2.45, 2.75) is 18.6 Å². The molecule has 110 valence electrons. The van der Waals surface area contributed by atoms with Crippen LogP contribution >= 0.6 is 0 Å². The average Bonchev–Trinajstić information content (AvgIpc) is 2.74. The first-order valence-corrected chi connectivity index (χ1v) is 7.72. The maximum atomic E-state index is 12.1. The molecule has 1 amide bonds. The molecule has 0 unspecified atom stereocenters. The summed E-state index contributed by atoms with van der Waals surface area (Å²) in [4.78, 5) is 12.1. The molecule has 7 nitrogen and oxygen atoms in total. The fourth-order valence-corrected chi connectivity index (χ4v) is 1.89. The van der Waals surface area contributed by atoms with Gasteiger partial charge in [0.05, 0.1) is 11.4 Å². The number of anilines is 2. The van der Waals surface area contributed by atoms with Gasteiger partial charge in [-0.15, -0.1) is 0 Å². The van der Waals surface area contributed by atoms with Gasteiger partial charge in [0.25, 0.3) is 0 Å². The Morgan fingerprint density at radius 2 is 1.85 bits per heavy atom. The Morgan fingerprint density at radius 1 is 1.30 bits per heavy atom. The maximum Gasteiger partial charge on any atom is 0.245 e. The standard InChI is InChI=1S/C12H16N2O5S/c1-12(2,20(3,16)17)11(15)14-8-5-10-9(4-7(8)13)18-6-19-10/h4-5H,6,13H2,1-3H3,(H,14,15). The molecule has 0 radical (unpaired) electrons. The Kier molecular flexibility index (Phi) is 3.29. The van der Waals surface area contributed by atoms with Gasteiger partial charge in [-0.3, -0.25) is 4.79 Å². The van der Waals surface area contributed by atoms with Crippen LogP contribution in [0.1, 0.15) is 13.8 Å². The van der Waals surface area contributed by atoms with Crippen molar-refractivity contribution in [2.24, 2.45) is 0 Å². The molecule has 1 aliphatic rings. The van der Waals surface area contributed by atoms with Gasteiger partial charge in [0, 0.05) is 18.4 Å². The molecule has 0 saturated carbocycles. The zero-order valence-corrected chi connectivity index (χ0v) is 12.2. The quantitative estimate of drug-likeness (QED) is 0.798. The molecule has 0 spiro atoms. The highest BCUT2D eigenvalue weighted by Crippen LogP contribution is 2.38. The molecular weight excluding hydrogens is 284 g/mol. The molecule has 0 saturated heterocycles. The lowest BCUT2D eigenvalue weighted by Gasteiger charge is -2.22. The van der Waals surface area contributed by atoms with Crippen molar-refractivity contribution in [3.8, 4) is 11.5 Å². The molecule has 0 aromatic heterocycles. The van der Waals surface area contributed by atoms with Gasteiger partial charge >= 0.3 is 0 Å². The van der Waals surface area contributed by atoms with E-state index in [0.29, 0.717) is 11.5 Å². The first kappa shape index (κ1) is 14.4. The van der Waals surface area contributed by atoms with Gasteiger partial charge in [0.2, 0.25) is 12.7 Å². The number of sulfone groups is 1. The van der Waals surface area contributed by atoms with Crippen molar-refractivity contribution in [1.82, 2.24) is 0 Å². The number of hydrogen-bond donors (Lipinski definition) is 2. The van der Waals surface area contributed by atoms with E-state index < -0.39 is 20.5 Å². The number of nitrogen functional groups attached to an aromatic ring is 1. The third-order valence-corrected chi connectivity index (χ3v) is 5.31. The summed E-state index contributed by atoms with van der Waals surface area (Å²) in [5.74, 6) is 0.278. The van der Waals surface area contributed by atoms with Crippen LogP contribution in [0.4, 0.5) is 11.4 Å². The van der Waals surface area contributed by atoms with Gasteiger partial charge in [-0.1, -0.05) is 0 Å². The number of ether oxygens (including phenoxy) is 2. The molecule has 1 heterocycles. The predicted octanol–water partition coefficient (Wildman–Crippen LogP) is 0.759. The normalized spacial score (nSPS) is 14.2. The minimum absolute atomic E-state index is 0.0843. The Labute approximate surface area is 117 Å². The number of amides is 1. The van der Waals surface area contributed by atoms with E-state index in [9.17, 15) is 13.2 Å². The van der Waals surface area contributed by atoms with Crippen LogP contribution in [0.3, 0.4) is 0 Å². The van der Waals surface area contributed by atoms with Crippen LogP contribution in [0.25, 0.3) is 0 Å². The Bertz CT molecular complexity index is 667. The molecular formula is C12H16N2O5S. The highest BCUT2D eigenvalue weighted by atomic mass is 32.2. The largest absolute Gasteiger partial charge is 0.454 e. The van der Waals surface area contributed by atoms with E-state index in [0.717, 1.165) is 6.26 Å². The first-order chi connectivity index (χ1) is 9.13. The number of rotatable bonds is 3. The topological polar surface area (TPSA) is 108 Å². The number of carbonyl (C=O) groups is 1. The molecule has 1 aromatic carbocycles. The minimum Gasteiger partial charge on any atom is -0.454 e. The van der Waals surface area contributed by atoms with Gasteiger partial charge in [-0.05, 0) is 13.8 Å². The second-order valence-corrected chi connectivity index (χ2v) is 7.59. The van der Waals surface area contributed by atoms with Crippen molar-refractivity contribution >= 4 is 27.1 Å². The van der Waals surface area contributed by atoms with Crippen molar-refractivity contribution in [1.29, 1.82) is 0 Å². The second-order valence-electron chi connectivity index (χ2n) is 5.03. The number of nitrogens with two attached hydrogens (primary N) is 1.